The van der Waals surface area contributed by atoms with Gasteiger partial charge in [0.25, 0.3) is 0 Å². The van der Waals surface area contributed by atoms with Crippen LogP contribution in [0.4, 0.5) is 0 Å². The van der Waals surface area contributed by atoms with Crippen molar-refractivity contribution in [2.45, 2.75) is 37.0 Å². The number of ether oxygens (including phenoxy) is 1. The SMILES string of the molecule is NS(=O)(=O)C1CCC2CCC1OC2. The zero-order valence-electron chi connectivity index (χ0n) is 7.48. The molecule has 0 spiro atoms. The summed E-state index contributed by atoms with van der Waals surface area (Å²) in [7, 11) is -3.41. The Kier molecular flexibility index (Phi) is 2.33. The quantitative estimate of drug-likeness (QED) is 0.666. The van der Waals surface area contributed by atoms with E-state index >= 15 is 0 Å². The number of sulfonamides is 1. The highest BCUT2D eigenvalue weighted by Crippen LogP contribution is 2.33. The molecule has 3 aliphatic rings. The standard InChI is InChI=1S/C8H15NO3S/c9-13(10,11)8-4-2-6-1-3-7(8)12-5-6/h6-8H,1-5H2,(H2,9,10,11). The fraction of sp³-hybridized carbons (Fsp3) is 1.00. The van der Waals surface area contributed by atoms with Gasteiger partial charge in [-0.25, -0.2) is 13.6 Å². The van der Waals surface area contributed by atoms with Crippen LogP contribution in [0.5, 0.6) is 0 Å². The molecule has 0 aromatic carbocycles. The summed E-state index contributed by atoms with van der Waals surface area (Å²) in [4.78, 5) is 0. The van der Waals surface area contributed by atoms with E-state index < -0.39 is 15.3 Å². The van der Waals surface area contributed by atoms with Crippen molar-refractivity contribution in [3.05, 3.63) is 0 Å². The predicted molar refractivity (Wildman–Crippen MR) is 48.6 cm³/mol. The molecule has 3 atom stereocenters. The van der Waals surface area contributed by atoms with Gasteiger partial charge >= 0.3 is 0 Å². The molecular weight excluding hydrogens is 190 g/mol. The second kappa shape index (κ2) is 3.22. The average Bonchev–Trinajstić information content (AvgIpc) is 2.34. The highest BCUT2D eigenvalue weighted by Gasteiger charge is 2.38. The zero-order chi connectivity index (χ0) is 9.47. The Bertz CT molecular complexity index is 280. The molecule has 2 heterocycles. The maximum Gasteiger partial charge on any atom is 0.214 e. The van der Waals surface area contributed by atoms with E-state index in [1.165, 1.54) is 0 Å². The van der Waals surface area contributed by atoms with E-state index in [0.29, 0.717) is 12.3 Å². The van der Waals surface area contributed by atoms with Crippen LogP contribution >= 0.6 is 0 Å². The highest BCUT2D eigenvalue weighted by atomic mass is 32.2. The molecule has 4 nitrogen and oxygen atoms in total. The smallest absolute Gasteiger partial charge is 0.214 e. The van der Waals surface area contributed by atoms with Crippen molar-refractivity contribution in [2.75, 3.05) is 6.61 Å². The minimum atomic E-state index is -3.41. The molecule has 3 rings (SSSR count). The van der Waals surface area contributed by atoms with Gasteiger partial charge in [-0.1, -0.05) is 0 Å². The van der Waals surface area contributed by atoms with E-state index in [0.717, 1.165) is 25.9 Å². The minimum absolute atomic E-state index is 0.145. The van der Waals surface area contributed by atoms with Gasteiger partial charge in [0.1, 0.15) is 5.25 Å². The van der Waals surface area contributed by atoms with Crippen LogP contribution in [0, 0.1) is 5.92 Å². The molecule has 5 heteroatoms. The maximum atomic E-state index is 11.2. The number of fused-ring (bicyclic) bond motifs is 4. The van der Waals surface area contributed by atoms with E-state index in [-0.39, 0.29) is 6.10 Å². The lowest BCUT2D eigenvalue weighted by atomic mass is 10.00. The summed E-state index contributed by atoms with van der Waals surface area (Å²) in [5, 5.41) is 4.70. The Hall–Kier alpha value is -0.130. The Morgan fingerprint density at radius 3 is 2.38 bits per heavy atom. The molecule has 2 saturated heterocycles. The van der Waals surface area contributed by atoms with Crippen LogP contribution < -0.4 is 5.14 Å². The normalized spacial score (nSPS) is 40.2. The third kappa shape index (κ3) is 1.87. The van der Waals surface area contributed by atoms with Crippen LogP contribution in [0.3, 0.4) is 0 Å². The first kappa shape index (κ1) is 9.43. The molecule has 0 amide bonds. The van der Waals surface area contributed by atoms with Crippen molar-refractivity contribution in [3.63, 3.8) is 0 Å². The maximum absolute atomic E-state index is 11.2. The molecule has 3 fully saturated rings. The second-order valence-corrected chi connectivity index (χ2v) is 5.80. The number of rotatable bonds is 1. The van der Waals surface area contributed by atoms with Crippen molar-refractivity contribution in [3.8, 4) is 0 Å². The van der Waals surface area contributed by atoms with Crippen molar-refractivity contribution in [1.29, 1.82) is 0 Å². The van der Waals surface area contributed by atoms with Gasteiger partial charge in [0, 0.05) is 6.61 Å². The van der Waals surface area contributed by atoms with Crippen LogP contribution in [-0.2, 0) is 14.8 Å². The lowest BCUT2D eigenvalue weighted by Crippen LogP contribution is -2.40. The molecule has 2 aliphatic heterocycles. The van der Waals surface area contributed by atoms with Crippen molar-refractivity contribution in [1.82, 2.24) is 0 Å². The van der Waals surface area contributed by atoms with E-state index in [2.05, 4.69) is 0 Å². The summed E-state index contributed by atoms with van der Waals surface area (Å²) in [6.07, 6.45) is 3.42. The number of nitrogens with two attached hydrogens (primary N) is 1. The largest absolute Gasteiger partial charge is 0.377 e. The number of hydrogen-bond donors (Lipinski definition) is 1. The lowest BCUT2D eigenvalue weighted by molar-refractivity contribution is 0.000105. The fourth-order valence-electron chi connectivity index (χ4n) is 2.31. The fourth-order valence-corrected chi connectivity index (χ4v) is 3.41. The molecule has 1 aliphatic carbocycles. The van der Waals surface area contributed by atoms with E-state index in [1.54, 1.807) is 0 Å². The zero-order valence-corrected chi connectivity index (χ0v) is 8.29. The van der Waals surface area contributed by atoms with Crippen LogP contribution in [-0.4, -0.2) is 26.4 Å². The van der Waals surface area contributed by atoms with E-state index in [9.17, 15) is 8.42 Å². The molecule has 76 valence electrons. The van der Waals surface area contributed by atoms with Gasteiger partial charge in [-0.3, -0.25) is 0 Å². The first-order chi connectivity index (χ1) is 6.07. The molecule has 0 aromatic heterocycles. The van der Waals surface area contributed by atoms with Gasteiger partial charge in [0.05, 0.1) is 6.10 Å². The highest BCUT2D eigenvalue weighted by molar-refractivity contribution is 7.89. The Labute approximate surface area is 78.5 Å². The summed E-state index contributed by atoms with van der Waals surface area (Å²) in [6.45, 7) is 0.719. The van der Waals surface area contributed by atoms with Gasteiger partial charge in [-0.2, -0.15) is 0 Å². The van der Waals surface area contributed by atoms with Crippen LogP contribution in [0.25, 0.3) is 0 Å². The van der Waals surface area contributed by atoms with Crippen molar-refractivity contribution >= 4 is 10.0 Å². The molecule has 1 saturated carbocycles. The van der Waals surface area contributed by atoms with E-state index in [4.69, 9.17) is 9.88 Å². The van der Waals surface area contributed by atoms with Crippen LogP contribution in [0.1, 0.15) is 25.7 Å². The topological polar surface area (TPSA) is 69.4 Å². The van der Waals surface area contributed by atoms with Crippen LogP contribution in [0.15, 0.2) is 0 Å². The molecule has 0 aromatic rings. The third-order valence-electron chi connectivity index (χ3n) is 3.10. The van der Waals surface area contributed by atoms with Gasteiger partial charge in [-0.15, -0.1) is 0 Å². The van der Waals surface area contributed by atoms with Gasteiger partial charge in [0.2, 0.25) is 10.0 Å². The number of hydrogen-bond acceptors (Lipinski definition) is 3. The van der Waals surface area contributed by atoms with Crippen molar-refractivity contribution in [2.24, 2.45) is 11.1 Å². The Morgan fingerprint density at radius 2 is 1.85 bits per heavy atom. The summed E-state index contributed by atoms with van der Waals surface area (Å²) in [6, 6.07) is 0. The third-order valence-corrected chi connectivity index (χ3v) is 4.48. The number of primary sulfonamides is 1. The molecule has 13 heavy (non-hydrogen) atoms. The summed E-state index contributed by atoms with van der Waals surface area (Å²) in [5.74, 6) is 0.558. The van der Waals surface area contributed by atoms with Gasteiger partial charge in [0.15, 0.2) is 0 Å². The molecule has 3 unspecified atom stereocenters. The molecular formula is C8H15NO3S. The molecule has 2 N–H and O–H groups in total. The second-order valence-electron chi connectivity index (χ2n) is 4.02. The van der Waals surface area contributed by atoms with Gasteiger partial charge < -0.3 is 4.74 Å². The predicted octanol–water partition coefficient (Wildman–Crippen LogP) is 0.232. The summed E-state index contributed by atoms with van der Waals surface area (Å²) in [5.41, 5.74) is 0. The Balaban J connectivity index is 2.21. The lowest BCUT2D eigenvalue weighted by Gasteiger charge is -2.26. The minimum Gasteiger partial charge on any atom is -0.377 e. The average molecular weight is 205 g/mol. The molecule has 2 bridgehead atoms. The molecule has 0 radical (unpaired) electrons. The Morgan fingerprint density at radius 1 is 1.15 bits per heavy atom. The summed E-state index contributed by atoms with van der Waals surface area (Å²) < 4.78 is 27.9. The van der Waals surface area contributed by atoms with Gasteiger partial charge in [-0.05, 0) is 31.6 Å². The first-order valence-corrected chi connectivity index (χ1v) is 6.31. The monoisotopic (exact) mass is 205 g/mol. The van der Waals surface area contributed by atoms with E-state index in [1.807, 2.05) is 0 Å². The first-order valence-electron chi connectivity index (χ1n) is 4.70. The van der Waals surface area contributed by atoms with Crippen LogP contribution in [0.2, 0.25) is 0 Å². The summed E-state index contributed by atoms with van der Waals surface area (Å²) >= 11 is 0. The van der Waals surface area contributed by atoms with Crippen molar-refractivity contribution < 1.29 is 13.2 Å².